The molecule has 1 saturated heterocycles. The SMILES string of the molecule is C=CC(=O)N(Cc1cnn(C2CCOCC2)c1)c1ccc(Cl)c(F)c1. The van der Waals surface area contributed by atoms with Gasteiger partial charge in [0.1, 0.15) is 5.82 Å². The molecule has 1 aliphatic heterocycles. The normalized spacial score (nSPS) is 15.1. The van der Waals surface area contributed by atoms with Crippen molar-refractivity contribution in [1.29, 1.82) is 0 Å². The standard InChI is InChI=1S/C18H19ClFN3O2/c1-2-18(24)22(15-3-4-16(19)17(20)9-15)11-13-10-21-23(12-13)14-5-7-25-8-6-14/h2-4,9-10,12,14H,1,5-8,11H2. The fourth-order valence-electron chi connectivity index (χ4n) is 2.85. The minimum atomic E-state index is -0.570. The summed E-state index contributed by atoms with van der Waals surface area (Å²) in [5, 5.41) is 4.42. The molecule has 1 aromatic carbocycles. The number of halogens is 2. The predicted octanol–water partition coefficient (Wildman–Crippen LogP) is 3.75. The summed E-state index contributed by atoms with van der Waals surface area (Å²) < 4.78 is 21.0. The minimum Gasteiger partial charge on any atom is -0.381 e. The highest BCUT2D eigenvalue weighted by Gasteiger charge is 2.19. The second-order valence-corrected chi connectivity index (χ2v) is 6.31. The van der Waals surface area contributed by atoms with E-state index in [2.05, 4.69) is 11.7 Å². The molecule has 2 heterocycles. The van der Waals surface area contributed by atoms with Gasteiger partial charge in [-0.15, -0.1) is 0 Å². The van der Waals surface area contributed by atoms with E-state index < -0.39 is 5.82 Å². The van der Waals surface area contributed by atoms with Gasteiger partial charge >= 0.3 is 0 Å². The number of aromatic nitrogens is 2. The number of anilines is 1. The lowest BCUT2D eigenvalue weighted by Crippen LogP contribution is -2.28. The third-order valence-electron chi connectivity index (χ3n) is 4.22. The Balaban J connectivity index is 1.81. The Kier molecular flexibility index (Phi) is 5.50. The smallest absolute Gasteiger partial charge is 0.250 e. The van der Waals surface area contributed by atoms with E-state index in [-0.39, 0.29) is 17.5 Å². The predicted molar refractivity (Wildman–Crippen MR) is 94.1 cm³/mol. The Morgan fingerprint density at radius 1 is 1.48 bits per heavy atom. The Morgan fingerprint density at radius 3 is 2.92 bits per heavy atom. The third kappa shape index (κ3) is 4.08. The van der Waals surface area contributed by atoms with E-state index in [1.54, 1.807) is 12.3 Å². The maximum absolute atomic E-state index is 13.8. The molecule has 1 fully saturated rings. The highest BCUT2D eigenvalue weighted by Crippen LogP contribution is 2.25. The molecule has 5 nitrogen and oxygen atoms in total. The highest BCUT2D eigenvalue weighted by molar-refractivity contribution is 6.30. The monoisotopic (exact) mass is 363 g/mol. The zero-order valence-electron chi connectivity index (χ0n) is 13.7. The molecule has 2 aromatic rings. The van der Waals surface area contributed by atoms with Crippen molar-refractivity contribution in [1.82, 2.24) is 9.78 Å². The number of carbonyl (C=O) groups is 1. The minimum absolute atomic E-state index is 0.0158. The van der Waals surface area contributed by atoms with Gasteiger partial charge in [0.25, 0.3) is 5.91 Å². The van der Waals surface area contributed by atoms with Crippen LogP contribution in [0.3, 0.4) is 0 Å². The number of hydrogen-bond acceptors (Lipinski definition) is 3. The van der Waals surface area contributed by atoms with Crippen LogP contribution in [0.4, 0.5) is 10.1 Å². The first kappa shape index (κ1) is 17.6. The lowest BCUT2D eigenvalue weighted by molar-refractivity contribution is -0.114. The largest absolute Gasteiger partial charge is 0.381 e. The zero-order valence-corrected chi connectivity index (χ0v) is 14.5. The van der Waals surface area contributed by atoms with Crippen molar-refractivity contribution in [3.8, 4) is 0 Å². The fourth-order valence-corrected chi connectivity index (χ4v) is 2.97. The van der Waals surface area contributed by atoms with Gasteiger partial charge in [0, 0.05) is 30.7 Å². The third-order valence-corrected chi connectivity index (χ3v) is 4.52. The number of nitrogens with zero attached hydrogens (tertiary/aromatic N) is 3. The molecule has 1 aliphatic rings. The molecule has 0 bridgehead atoms. The van der Waals surface area contributed by atoms with Crippen LogP contribution in [0.2, 0.25) is 5.02 Å². The second-order valence-electron chi connectivity index (χ2n) is 5.90. The zero-order chi connectivity index (χ0) is 17.8. The summed E-state index contributed by atoms with van der Waals surface area (Å²) >= 11 is 5.73. The van der Waals surface area contributed by atoms with Gasteiger partial charge in [-0.05, 0) is 37.1 Å². The summed E-state index contributed by atoms with van der Waals surface area (Å²) in [6.45, 7) is 5.25. The Labute approximate surface area is 150 Å². The summed E-state index contributed by atoms with van der Waals surface area (Å²) in [6, 6.07) is 4.59. The van der Waals surface area contributed by atoms with Gasteiger partial charge in [-0.25, -0.2) is 4.39 Å². The van der Waals surface area contributed by atoms with E-state index >= 15 is 0 Å². The molecule has 0 atom stereocenters. The van der Waals surface area contributed by atoms with E-state index in [0.29, 0.717) is 11.7 Å². The van der Waals surface area contributed by atoms with Gasteiger partial charge in [-0.3, -0.25) is 9.48 Å². The average molecular weight is 364 g/mol. The number of amides is 1. The van der Waals surface area contributed by atoms with E-state index in [4.69, 9.17) is 16.3 Å². The van der Waals surface area contributed by atoms with Crippen LogP contribution >= 0.6 is 11.6 Å². The van der Waals surface area contributed by atoms with Crippen LogP contribution < -0.4 is 4.90 Å². The number of benzene rings is 1. The van der Waals surface area contributed by atoms with Gasteiger partial charge in [0.15, 0.2) is 0 Å². The molecule has 0 aliphatic carbocycles. The number of carbonyl (C=O) groups excluding carboxylic acids is 1. The lowest BCUT2D eigenvalue weighted by Gasteiger charge is -2.22. The Morgan fingerprint density at radius 2 is 2.24 bits per heavy atom. The van der Waals surface area contributed by atoms with Gasteiger partial charge < -0.3 is 9.64 Å². The molecular weight excluding hydrogens is 345 g/mol. The van der Waals surface area contributed by atoms with E-state index in [9.17, 15) is 9.18 Å². The molecule has 0 saturated carbocycles. The summed E-state index contributed by atoms with van der Waals surface area (Å²) in [7, 11) is 0. The molecule has 0 radical (unpaired) electrons. The van der Waals surface area contributed by atoms with Crippen LogP contribution in [0.15, 0.2) is 43.2 Å². The van der Waals surface area contributed by atoms with Crippen LogP contribution in [-0.2, 0) is 16.1 Å². The number of hydrogen-bond donors (Lipinski definition) is 0. The average Bonchev–Trinajstić information content (AvgIpc) is 3.11. The van der Waals surface area contributed by atoms with Crippen LogP contribution in [0.1, 0.15) is 24.4 Å². The first-order valence-corrected chi connectivity index (χ1v) is 8.46. The lowest BCUT2D eigenvalue weighted by atomic mass is 10.1. The molecule has 132 valence electrons. The summed E-state index contributed by atoms with van der Waals surface area (Å²) in [5.41, 5.74) is 1.28. The molecule has 0 N–H and O–H groups in total. The molecule has 1 aromatic heterocycles. The van der Waals surface area contributed by atoms with Crippen LogP contribution in [0.5, 0.6) is 0 Å². The Bertz CT molecular complexity index is 771. The second kappa shape index (κ2) is 7.80. The molecule has 0 unspecified atom stereocenters. The summed E-state index contributed by atoms with van der Waals surface area (Å²) in [4.78, 5) is 13.7. The van der Waals surface area contributed by atoms with Crippen molar-refractivity contribution < 1.29 is 13.9 Å². The summed E-state index contributed by atoms with van der Waals surface area (Å²) in [5.74, 6) is -0.889. The van der Waals surface area contributed by atoms with E-state index in [1.165, 1.54) is 23.1 Å². The van der Waals surface area contributed by atoms with Crippen molar-refractivity contribution in [3.63, 3.8) is 0 Å². The van der Waals surface area contributed by atoms with Crippen molar-refractivity contribution in [2.75, 3.05) is 18.1 Å². The molecule has 25 heavy (non-hydrogen) atoms. The van der Waals surface area contributed by atoms with E-state index in [0.717, 1.165) is 31.6 Å². The van der Waals surface area contributed by atoms with Gasteiger partial charge in [0.2, 0.25) is 0 Å². The van der Waals surface area contributed by atoms with Crippen LogP contribution in [0.25, 0.3) is 0 Å². The quantitative estimate of drug-likeness (QED) is 0.760. The first-order chi connectivity index (χ1) is 12.1. The first-order valence-electron chi connectivity index (χ1n) is 8.08. The topological polar surface area (TPSA) is 47.4 Å². The van der Waals surface area contributed by atoms with E-state index in [1.807, 2.05) is 10.9 Å². The van der Waals surface area contributed by atoms with Crippen LogP contribution in [-0.4, -0.2) is 28.9 Å². The number of ether oxygens (including phenoxy) is 1. The van der Waals surface area contributed by atoms with Crippen molar-refractivity contribution in [3.05, 3.63) is 59.7 Å². The van der Waals surface area contributed by atoms with Crippen molar-refractivity contribution in [2.45, 2.75) is 25.4 Å². The highest BCUT2D eigenvalue weighted by atomic mass is 35.5. The van der Waals surface area contributed by atoms with Gasteiger partial charge in [0.05, 0.1) is 23.8 Å². The molecule has 7 heteroatoms. The maximum Gasteiger partial charge on any atom is 0.250 e. The summed E-state index contributed by atoms with van der Waals surface area (Å²) in [6.07, 6.45) is 6.68. The molecular formula is C18H19ClFN3O2. The fraction of sp³-hybridized carbons (Fsp3) is 0.333. The molecule has 3 rings (SSSR count). The van der Waals surface area contributed by atoms with Crippen molar-refractivity contribution >= 4 is 23.2 Å². The van der Waals surface area contributed by atoms with Crippen LogP contribution in [0, 0.1) is 5.82 Å². The number of rotatable bonds is 5. The van der Waals surface area contributed by atoms with Gasteiger partial charge in [-0.1, -0.05) is 18.2 Å². The van der Waals surface area contributed by atoms with Crippen molar-refractivity contribution in [2.24, 2.45) is 0 Å². The van der Waals surface area contributed by atoms with Gasteiger partial charge in [-0.2, -0.15) is 5.10 Å². The maximum atomic E-state index is 13.8. The molecule has 1 amide bonds. The molecule has 0 spiro atoms. The Hall–Kier alpha value is -2.18.